The van der Waals surface area contributed by atoms with Crippen LogP contribution in [0, 0.1) is 0 Å². The van der Waals surface area contributed by atoms with Crippen LogP contribution < -0.4 is 0 Å². The minimum Gasteiger partial charge on any atom is -0.295 e. The van der Waals surface area contributed by atoms with Crippen LogP contribution in [-0.4, -0.2) is 300 Å². The summed E-state index contributed by atoms with van der Waals surface area (Å²) >= 11 is 0. The molecule has 0 fully saturated rings. The number of rotatable bonds is 38. The van der Waals surface area contributed by atoms with Gasteiger partial charge in [0.1, 0.15) is 0 Å². The van der Waals surface area contributed by atoms with Crippen molar-refractivity contribution in [2.45, 2.75) is 384 Å². The molecule has 726 valence electrons. The van der Waals surface area contributed by atoms with E-state index in [1.807, 2.05) is 69.2 Å². The van der Waals surface area contributed by atoms with E-state index < -0.39 is 0 Å². The first-order chi connectivity index (χ1) is 55.6. The molecule has 0 N–H and O–H groups in total. The first-order valence-corrected chi connectivity index (χ1v) is 43.5. The van der Waals surface area contributed by atoms with E-state index >= 15 is 0 Å². The second kappa shape index (κ2) is 136. The van der Waals surface area contributed by atoms with Crippen molar-refractivity contribution in [3.8, 4) is 0 Å². The van der Waals surface area contributed by atoms with Gasteiger partial charge in [0.05, 0.1) is 22.2 Å². The molecule has 0 aromatic rings. The van der Waals surface area contributed by atoms with Gasteiger partial charge in [-0.1, -0.05) is 69.2 Å². The average Bonchev–Trinajstić information content (AvgIpc) is 0.969. The van der Waals surface area contributed by atoms with Crippen molar-refractivity contribution in [1.29, 1.82) is 0 Å². The Balaban J connectivity index is -0.0000000618. The summed E-state index contributed by atoms with van der Waals surface area (Å²) in [5.74, 6) is 0. The van der Waals surface area contributed by atoms with Gasteiger partial charge in [-0.25, -0.2) is 0 Å². The topological polar surface area (TPSA) is 297 Å². The maximum Gasteiger partial charge on any atom is 0.0524 e. The van der Waals surface area contributed by atoms with Gasteiger partial charge in [-0.15, -0.1) is 0 Å². The van der Waals surface area contributed by atoms with Crippen molar-refractivity contribution in [2.75, 3.05) is 80.5 Å². The Kier molecular flexibility index (Phi) is 179. The third-order valence-electron chi connectivity index (χ3n) is 11.8. The second-order valence-electron chi connectivity index (χ2n) is 30.8. The largest absolute Gasteiger partial charge is 0.295 e. The minimum absolute atomic E-state index is 0. The van der Waals surface area contributed by atoms with Gasteiger partial charge >= 0.3 is 0 Å². The summed E-state index contributed by atoms with van der Waals surface area (Å²) in [6.07, 6.45) is 53.0. The summed E-state index contributed by atoms with van der Waals surface area (Å²) in [4.78, 5) is 97.7. The molecule has 0 aliphatic carbocycles. The molecule has 0 bridgehead atoms. The quantitative estimate of drug-likeness (QED) is 0.0411. The van der Waals surface area contributed by atoms with Crippen LogP contribution in [0.15, 0.2) is 120 Å². The van der Waals surface area contributed by atoms with E-state index in [-0.39, 0.29) is 125 Å². The molecule has 4 unspecified atom stereocenters. The van der Waals surface area contributed by atoms with Gasteiger partial charge in [0.2, 0.25) is 0 Å². The fourth-order valence-corrected chi connectivity index (χ4v) is 5.11. The summed E-state index contributed by atoms with van der Waals surface area (Å²) in [6, 6.07) is 3.19. The zero-order valence-corrected chi connectivity index (χ0v) is 93.3. The zero-order valence-electron chi connectivity index (χ0n) is 86.2. The third-order valence-corrected chi connectivity index (χ3v) is 11.8. The van der Waals surface area contributed by atoms with Crippen LogP contribution in [0.25, 0.3) is 0 Å². The van der Waals surface area contributed by atoms with Crippen LogP contribution >= 0.6 is 0 Å². The van der Waals surface area contributed by atoms with Gasteiger partial charge in [-0.2, -0.15) is 0 Å². The third kappa shape index (κ3) is 240. The first-order valence-electron chi connectivity index (χ1n) is 43.5. The molecule has 0 amide bonds. The standard InChI is InChI=1S/4C10H20N2.5C8H16N2.C6H12N2.2C4H8N2.6Mn/c2*1-9(2,3)11-7-8-12-10(4,5)6;2*1-5-9(3)11-7-8-12-10(4)6-2;2*1-7(2)9-5-6-10-8(3)4;3*1-3-5-9-7-8-10-6-4-2;1-3-7-5-6-8-4-2;2*1-5-3-4-6-2;;;;;;/h2*7-8H,1-6H3;2*7-10H,5-6H2,1-4H3;2*5-8H,1-4H3;3*7-8H,3-6H2,1-2H3;5-6H,3-4H2,1-2H3;2*3-4H,1-2H3;;;;;;. The summed E-state index contributed by atoms with van der Waals surface area (Å²) in [6.45, 7) is 81.9. The molecule has 30 heteroatoms. The maximum absolute atomic E-state index is 4.29. The van der Waals surface area contributed by atoms with Crippen molar-refractivity contribution >= 4 is 149 Å². The Bertz CT molecular complexity index is 2400. The van der Waals surface area contributed by atoms with Gasteiger partial charge in [0.15, 0.2) is 0 Å². The predicted molar refractivity (Wildman–Crippen MR) is 558 cm³/mol. The van der Waals surface area contributed by atoms with E-state index in [9.17, 15) is 0 Å². The van der Waals surface area contributed by atoms with Gasteiger partial charge in [0, 0.05) is 380 Å². The van der Waals surface area contributed by atoms with E-state index in [0.717, 1.165) is 117 Å². The Labute approximate surface area is 829 Å². The van der Waals surface area contributed by atoms with E-state index in [2.05, 4.69) is 300 Å². The number of aliphatic imine (C=N–C) groups is 24. The van der Waals surface area contributed by atoms with E-state index in [1.165, 1.54) is 0 Å². The molecular formula is C94H188Mn6N24. The fraction of sp³-hybridized carbons (Fsp3) is 0.745. The molecule has 0 spiro atoms. The van der Waals surface area contributed by atoms with Crippen molar-refractivity contribution in [1.82, 2.24) is 0 Å². The molecule has 0 rings (SSSR count). The Morgan fingerprint density at radius 1 is 0.185 bits per heavy atom. The molecule has 124 heavy (non-hydrogen) atoms. The molecule has 0 aliphatic rings. The van der Waals surface area contributed by atoms with Crippen molar-refractivity contribution in [3.63, 3.8) is 0 Å². The van der Waals surface area contributed by atoms with Crippen molar-refractivity contribution in [3.05, 3.63) is 0 Å². The molecule has 0 saturated carbocycles. The average molecular weight is 1980 g/mol. The molecule has 0 heterocycles. The zero-order chi connectivity index (χ0) is 93.3. The van der Waals surface area contributed by atoms with Gasteiger partial charge < -0.3 is 0 Å². The Morgan fingerprint density at radius 2 is 0.323 bits per heavy atom. The van der Waals surface area contributed by atoms with Gasteiger partial charge in [-0.05, 0) is 244 Å². The van der Waals surface area contributed by atoms with E-state index in [0.29, 0.717) is 48.3 Å². The Morgan fingerprint density at radius 3 is 0.427 bits per heavy atom. The fourth-order valence-electron chi connectivity index (χ4n) is 5.11. The van der Waals surface area contributed by atoms with Crippen molar-refractivity contribution in [2.24, 2.45) is 120 Å². The monoisotopic (exact) mass is 1980 g/mol. The van der Waals surface area contributed by atoms with Crippen LogP contribution in [0.4, 0.5) is 0 Å². The minimum atomic E-state index is 0. The first kappa shape index (κ1) is 163. The predicted octanol–water partition coefficient (Wildman–Crippen LogP) is 22.6. The molecule has 6 radical (unpaired) electrons. The summed E-state index contributed by atoms with van der Waals surface area (Å²) < 4.78 is 0. The second-order valence-corrected chi connectivity index (χ2v) is 30.8. The molecule has 0 aromatic carbocycles. The molecule has 4 atom stereocenters. The Hall–Kier alpha value is -4.80. The van der Waals surface area contributed by atoms with Crippen LogP contribution in [0.3, 0.4) is 0 Å². The summed E-state index contributed by atoms with van der Waals surface area (Å²) in [5, 5.41) is 0. The summed E-state index contributed by atoms with van der Waals surface area (Å²) in [5.41, 5.74) is 0.0155. The SMILES string of the molecule is CC(C)(C)N=CC=NC(C)(C)C.CC(C)(C)N=CC=NC(C)(C)C.CC(C)N=CC=NC(C)C.CC(C)N=CC=NC(C)C.CCC(C)N=CC=NC(C)CC.CCC(C)N=CC=NC(C)CC.CCCN=CC=NCCC.CCCN=CC=NCCC.CCCN=CC=NCCC.CCN=CC=NCC.CN=CC=NC.CN=CC=NC.[Mn].[Mn].[Mn].[Mn].[Mn].[Mn]. The van der Waals surface area contributed by atoms with Crippen LogP contribution in [-0.2, 0) is 102 Å². The molecular weight excluding hydrogens is 1790 g/mol. The normalized spacial score (nSPS) is 13.1. The molecule has 0 saturated heterocycles. The molecule has 0 aliphatic heterocycles. The smallest absolute Gasteiger partial charge is 0.0524 e. The number of nitrogens with zero attached hydrogens (tertiary/aromatic N) is 24. The van der Waals surface area contributed by atoms with Crippen molar-refractivity contribution < 1.29 is 102 Å². The van der Waals surface area contributed by atoms with Crippen LogP contribution in [0.1, 0.15) is 313 Å². The van der Waals surface area contributed by atoms with Crippen LogP contribution in [0.5, 0.6) is 0 Å². The van der Waals surface area contributed by atoms with E-state index in [4.69, 9.17) is 0 Å². The number of hydrogen-bond acceptors (Lipinski definition) is 24. The maximum atomic E-state index is 4.29. The van der Waals surface area contributed by atoms with E-state index in [1.54, 1.807) is 177 Å². The van der Waals surface area contributed by atoms with Crippen LogP contribution in [0.2, 0.25) is 0 Å². The number of hydrogen-bond donors (Lipinski definition) is 0. The van der Waals surface area contributed by atoms with Gasteiger partial charge in [-0.3, -0.25) is 120 Å². The van der Waals surface area contributed by atoms with Gasteiger partial charge in [0.25, 0.3) is 0 Å². The molecule has 24 nitrogen and oxygen atoms in total. The molecule has 0 aromatic heterocycles. The summed E-state index contributed by atoms with van der Waals surface area (Å²) in [7, 11) is 6.84.